The van der Waals surface area contributed by atoms with Crippen LogP contribution in [0.4, 0.5) is 0 Å². The number of hydrogen-bond acceptors (Lipinski definition) is 4. The molecule has 21 heavy (non-hydrogen) atoms. The van der Waals surface area contributed by atoms with Crippen LogP contribution in [0.2, 0.25) is 5.02 Å². The van der Waals surface area contributed by atoms with Crippen molar-refractivity contribution in [2.75, 3.05) is 0 Å². The summed E-state index contributed by atoms with van der Waals surface area (Å²) in [5.41, 5.74) is 0.678. The van der Waals surface area contributed by atoms with Gasteiger partial charge in [-0.15, -0.1) is 11.3 Å². The first-order valence-electron chi connectivity index (χ1n) is 5.89. The zero-order valence-corrected chi connectivity index (χ0v) is 13.3. The summed E-state index contributed by atoms with van der Waals surface area (Å²) in [6.45, 7) is 1.69. The van der Waals surface area contributed by atoms with E-state index in [0.717, 1.165) is 23.0 Å². The zero-order chi connectivity index (χ0) is 15.6. The van der Waals surface area contributed by atoms with Crippen molar-refractivity contribution in [3.05, 3.63) is 51.9 Å². The Morgan fingerprint density at radius 3 is 2.67 bits per heavy atom. The molecule has 0 saturated carbocycles. The van der Waals surface area contributed by atoms with E-state index in [2.05, 4.69) is 4.72 Å². The maximum absolute atomic E-state index is 12.2. The molecule has 112 valence electrons. The summed E-state index contributed by atoms with van der Waals surface area (Å²) < 4.78 is 26.9. The minimum Gasteiger partial charge on any atom is -0.478 e. The van der Waals surface area contributed by atoms with Crippen LogP contribution in [0.1, 0.15) is 28.9 Å². The summed E-state index contributed by atoms with van der Waals surface area (Å²) in [7, 11) is -3.77. The fraction of sp³-hybridized carbons (Fsp3) is 0.154. The number of carboxylic acids is 1. The van der Waals surface area contributed by atoms with Crippen LogP contribution >= 0.6 is 22.9 Å². The molecule has 1 heterocycles. The van der Waals surface area contributed by atoms with Gasteiger partial charge in [0.2, 0.25) is 0 Å². The molecule has 0 amide bonds. The molecule has 0 aliphatic carbocycles. The topological polar surface area (TPSA) is 83.5 Å². The molecular formula is C13H12ClNO4S2. The lowest BCUT2D eigenvalue weighted by atomic mass is 10.1. The van der Waals surface area contributed by atoms with Crippen molar-refractivity contribution in [3.63, 3.8) is 0 Å². The maximum atomic E-state index is 12.2. The third kappa shape index (κ3) is 3.82. The summed E-state index contributed by atoms with van der Waals surface area (Å²) in [5.74, 6) is -1.16. The predicted octanol–water partition coefficient (Wildman–Crippen LogP) is 3.14. The van der Waals surface area contributed by atoms with Gasteiger partial charge >= 0.3 is 5.97 Å². The number of aromatic carboxylic acids is 1. The molecule has 5 nitrogen and oxygen atoms in total. The average molecular weight is 346 g/mol. The third-order valence-corrected chi connectivity index (χ3v) is 5.98. The molecule has 8 heteroatoms. The van der Waals surface area contributed by atoms with E-state index < -0.39 is 22.0 Å². The number of rotatable bonds is 5. The molecule has 2 N–H and O–H groups in total. The van der Waals surface area contributed by atoms with Gasteiger partial charge in [-0.2, -0.15) is 0 Å². The normalized spacial score (nSPS) is 13.0. The van der Waals surface area contributed by atoms with Gasteiger partial charge in [-0.25, -0.2) is 17.9 Å². The number of sulfonamides is 1. The first-order chi connectivity index (χ1) is 9.79. The first kappa shape index (κ1) is 16.0. The second-order valence-electron chi connectivity index (χ2n) is 4.36. The van der Waals surface area contributed by atoms with Crippen molar-refractivity contribution in [2.24, 2.45) is 0 Å². The molecule has 1 aromatic carbocycles. The van der Waals surface area contributed by atoms with Crippen LogP contribution in [0.5, 0.6) is 0 Å². The molecule has 1 atom stereocenters. The number of nitrogens with one attached hydrogen (secondary N) is 1. The van der Waals surface area contributed by atoms with Gasteiger partial charge in [0.1, 0.15) is 4.21 Å². The lowest BCUT2D eigenvalue weighted by Crippen LogP contribution is -2.26. The van der Waals surface area contributed by atoms with Crippen LogP contribution in [0.3, 0.4) is 0 Å². The minimum absolute atomic E-state index is 0.0335. The summed E-state index contributed by atoms with van der Waals surface area (Å²) >= 11 is 6.74. The fourth-order valence-corrected chi connectivity index (χ4v) is 4.31. The molecule has 0 spiro atoms. The highest BCUT2D eigenvalue weighted by Gasteiger charge is 2.21. The van der Waals surface area contributed by atoms with E-state index in [-0.39, 0.29) is 9.77 Å². The van der Waals surface area contributed by atoms with Crippen LogP contribution in [0, 0.1) is 0 Å². The van der Waals surface area contributed by atoms with Gasteiger partial charge in [0.05, 0.1) is 5.56 Å². The quantitative estimate of drug-likeness (QED) is 0.872. The van der Waals surface area contributed by atoms with Crippen LogP contribution in [0.25, 0.3) is 0 Å². The van der Waals surface area contributed by atoms with Gasteiger partial charge < -0.3 is 5.11 Å². The van der Waals surface area contributed by atoms with E-state index in [4.69, 9.17) is 16.7 Å². The van der Waals surface area contributed by atoms with E-state index in [1.165, 1.54) is 5.38 Å². The third-order valence-electron chi connectivity index (χ3n) is 2.77. The standard InChI is InChI=1S/C13H12ClNO4S2/c1-8(9-3-2-4-11(14)5-9)15-21(18,19)12-6-10(7-20-12)13(16)17/h2-8,15H,1H3,(H,16,17). The summed E-state index contributed by atoms with van der Waals surface area (Å²) in [5, 5.41) is 10.6. The Kier molecular flexibility index (Phi) is 4.67. The zero-order valence-electron chi connectivity index (χ0n) is 10.9. The molecule has 2 aromatic rings. The number of hydrogen-bond donors (Lipinski definition) is 2. The highest BCUT2D eigenvalue weighted by atomic mass is 35.5. The van der Waals surface area contributed by atoms with E-state index in [9.17, 15) is 13.2 Å². The lowest BCUT2D eigenvalue weighted by Gasteiger charge is -2.14. The largest absolute Gasteiger partial charge is 0.478 e. The number of carbonyl (C=O) groups is 1. The molecule has 2 rings (SSSR count). The predicted molar refractivity (Wildman–Crippen MR) is 81.5 cm³/mol. The van der Waals surface area contributed by atoms with Crippen molar-refractivity contribution >= 4 is 38.9 Å². The molecular weight excluding hydrogens is 334 g/mol. The molecule has 0 radical (unpaired) electrons. The van der Waals surface area contributed by atoms with Crippen LogP contribution in [-0.4, -0.2) is 19.5 Å². The Morgan fingerprint density at radius 1 is 1.38 bits per heavy atom. The van der Waals surface area contributed by atoms with E-state index in [0.29, 0.717) is 5.02 Å². The summed E-state index contributed by atoms with van der Waals surface area (Å²) in [6.07, 6.45) is 0. The summed E-state index contributed by atoms with van der Waals surface area (Å²) in [4.78, 5) is 10.8. The number of thiophene rings is 1. The van der Waals surface area contributed by atoms with Gasteiger partial charge in [-0.3, -0.25) is 0 Å². The minimum atomic E-state index is -3.77. The van der Waals surface area contributed by atoms with Crippen LogP contribution in [-0.2, 0) is 10.0 Å². The monoisotopic (exact) mass is 345 g/mol. The van der Waals surface area contributed by atoms with Gasteiger partial charge in [0.25, 0.3) is 10.0 Å². The van der Waals surface area contributed by atoms with Crippen molar-refractivity contribution < 1.29 is 18.3 Å². The van der Waals surface area contributed by atoms with Crippen LogP contribution in [0.15, 0.2) is 39.9 Å². The maximum Gasteiger partial charge on any atom is 0.336 e. The Morgan fingerprint density at radius 2 is 2.10 bits per heavy atom. The lowest BCUT2D eigenvalue weighted by molar-refractivity contribution is 0.0697. The highest BCUT2D eigenvalue weighted by Crippen LogP contribution is 2.24. The highest BCUT2D eigenvalue weighted by molar-refractivity contribution is 7.91. The molecule has 0 fully saturated rings. The second kappa shape index (κ2) is 6.15. The second-order valence-corrected chi connectivity index (χ2v) is 7.65. The van der Waals surface area contributed by atoms with Crippen molar-refractivity contribution in [1.29, 1.82) is 0 Å². The molecule has 0 saturated heterocycles. The Bertz CT molecular complexity index is 770. The van der Waals surface area contributed by atoms with Crippen molar-refractivity contribution in [3.8, 4) is 0 Å². The van der Waals surface area contributed by atoms with Gasteiger partial charge in [0.15, 0.2) is 0 Å². The average Bonchev–Trinajstić information content (AvgIpc) is 2.88. The van der Waals surface area contributed by atoms with E-state index >= 15 is 0 Å². The van der Waals surface area contributed by atoms with E-state index in [1.54, 1.807) is 31.2 Å². The van der Waals surface area contributed by atoms with Gasteiger partial charge in [-0.05, 0) is 30.7 Å². The fourth-order valence-electron chi connectivity index (χ4n) is 1.70. The van der Waals surface area contributed by atoms with Crippen LogP contribution < -0.4 is 4.72 Å². The van der Waals surface area contributed by atoms with Gasteiger partial charge in [-0.1, -0.05) is 23.7 Å². The SMILES string of the molecule is CC(NS(=O)(=O)c1cc(C(=O)O)cs1)c1cccc(Cl)c1. The van der Waals surface area contributed by atoms with Gasteiger partial charge in [0, 0.05) is 16.4 Å². The van der Waals surface area contributed by atoms with E-state index in [1.807, 2.05) is 0 Å². The Labute approximate surface area is 131 Å². The summed E-state index contributed by atoms with van der Waals surface area (Å²) in [6, 6.07) is 7.52. The first-order valence-corrected chi connectivity index (χ1v) is 8.63. The Balaban J connectivity index is 2.22. The molecule has 0 aliphatic rings. The number of halogens is 1. The Hall–Kier alpha value is -1.41. The number of benzene rings is 1. The molecule has 0 bridgehead atoms. The molecule has 1 unspecified atom stereocenters. The molecule has 0 aliphatic heterocycles. The van der Waals surface area contributed by atoms with Crippen molar-refractivity contribution in [1.82, 2.24) is 4.72 Å². The number of carboxylic acid groups (broad SMARTS) is 1. The molecule has 1 aromatic heterocycles. The smallest absolute Gasteiger partial charge is 0.336 e. The van der Waals surface area contributed by atoms with Crippen molar-refractivity contribution in [2.45, 2.75) is 17.2 Å².